The number of fused-ring (bicyclic) bond motifs is 1. The van der Waals surface area contributed by atoms with Crippen molar-refractivity contribution >= 4 is 11.6 Å². The molecule has 3 rings (SSSR count). The summed E-state index contributed by atoms with van der Waals surface area (Å²) >= 11 is 5.81. The van der Waals surface area contributed by atoms with Gasteiger partial charge in [-0.05, 0) is 30.0 Å². The van der Waals surface area contributed by atoms with Crippen LogP contribution >= 0.6 is 11.6 Å². The molecule has 2 unspecified atom stereocenters. The highest BCUT2D eigenvalue weighted by molar-refractivity contribution is 6.17. The average molecular weight is 239 g/mol. The normalized spacial score (nSPS) is 31.2. The van der Waals surface area contributed by atoms with E-state index in [4.69, 9.17) is 21.1 Å². The van der Waals surface area contributed by atoms with Crippen LogP contribution in [-0.4, -0.2) is 12.7 Å². The van der Waals surface area contributed by atoms with E-state index in [1.54, 1.807) is 0 Å². The summed E-state index contributed by atoms with van der Waals surface area (Å²) in [5.74, 6) is 3.67. The molecule has 86 valence electrons. The molecule has 2 aliphatic rings. The first kappa shape index (κ1) is 10.3. The predicted molar refractivity (Wildman–Crippen MR) is 63.2 cm³/mol. The maximum atomic E-state index is 5.99. The Hall–Kier alpha value is -0.890. The Labute approximate surface area is 101 Å². The molecule has 3 heteroatoms. The molecular weight excluding hydrogens is 224 g/mol. The quantitative estimate of drug-likeness (QED) is 0.737. The molecule has 1 aliphatic carbocycles. The van der Waals surface area contributed by atoms with Crippen molar-refractivity contribution in [3.8, 4) is 11.5 Å². The fraction of sp³-hybridized carbons (Fsp3) is 0.538. The van der Waals surface area contributed by atoms with Crippen LogP contribution in [0, 0.1) is 11.8 Å². The lowest BCUT2D eigenvalue weighted by Gasteiger charge is -2.27. The molecule has 0 saturated heterocycles. The van der Waals surface area contributed by atoms with Gasteiger partial charge in [0.25, 0.3) is 0 Å². The molecule has 0 N–H and O–H groups in total. The van der Waals surface area contributed by atoms with Crippen molar-refractivity contribution in [1.82, 2.24) is 0 Å². The van der Waals surface area contributed by atoms with Crippen molar-refractivity contribution in [1.29, 1.82) is 0 Å². The zero-order chi connectivity index (χ0) is 11.1. The molecule has 1 fully saturated rings. The maximum Gasteiger partial charge on any atom is 0.162 e. The van der Waals surface area contributed by atoms with Gasteiger partial charge < -0.3 is 9.47 Å². The molecule has 16 heavy (non-hydrogen) atoms. The lowest BCUT2D eigenvalue weighted by molar-refractivity contribution is 0.0723. The molecule has 3 atom stereocenters. The number of benzene rings is 1. The fourth-order valence-corrected chi connectivity index (χ4v) is 2.46. The predicted octanol–water partition coefficient (Wildman–Crippen LogP) is 3.22. The molecule has 0 spiro atoms. The molecule has 1 aromatic carbocycles. The van der Waals surface area contributed by atoms with Gasteiger partial charge in [-0.3, -0.25) is 0 Å². The van der Waals surface area contributed by atoms with Crippen molar-refractivity contribution < 1.29 is 9.47 Å². The number of alkyl halides is 1. The summed E-state index contributed by atoms with van der Waals surface area (Å²) in [7, 11) is 0. The van der Waals surface area contributed by atoms with Crippen LogP contribution in [0.15, 0.2) is 18.2 Å². The summed E-state index contributed by atoms with van der Waals surface area (Å²) < 4.78 is 11.7. The summed E-state index contributed by atoms with van der Waals surface area (Å²) in [6, 6.07) is 5.91. The van der Waals surface area contributed by atoms with Crippen LogP contribution < -0.4 is 9.47 Å². The first-order valence-corrected chi connectivity index (χ1v) is 6.29. The zero-order valence-electron chi connectivity index (χ0n) is 9.28. The highest BCUT2D eigenvalue weighted by Gasteiger charge is 2.43. The molecule has 1 aliphatic heterocycles. The molecule has 0 amide bonds. The molecule has 0 bridgehead atoms. The molecular formula is C13H15ClO2. The van der Waals surface area contributed by atoms with Gasteiger partial charge in [0, 0.05) is 11.8 Å². The van der Waals surface area contributed by atoms with E-state index in [0.29, 0.717) is 18.4 Å². The van der Waals surface area contributed by atoms with E-state index in [0.717, 1.165) is 23.0 Å². The van der Waals surface area contributed by atoms with Gasteiger partial charge in [-0.2, -0.15) is 0 Å². The largest absolute Gasteiger partial charge is 0.486 e. The van der Waals surface area contributed by atoms with Crippen LogP contribution in [0.25, 0.3) is 0 Å². The van der Waals surface area contributed by atoms with Crippen LogP contribution in [0.1, 0.15) is 18.9 Å². The minimum absolute atomic E-state index is 0.230. The van der Waals surface area contributed by atoms with Gasteiger partial charge in [-0.25, -0.2) is 0 Å². The first-order chi connectivity index (χ1) is 7.78. The zero-order valence-corrected chi connectivity index (χ0v) is 10.0. The summed E-state index contributed by atoms with van der Waals surface area (Å²) in [5, 5.41) is 0. The number of hydrogen-bond acceptors (Lipinski definition) is 2. The van der Waals surface area contributed by atoms with Gasteiger partial charge in [0.15, 0.2) is 11.5 Å². The Bertz CT molecular complexity index is 405. The van der Waals surface area contributed by atoms with Gasteiger partial charge in [-0.1, -0.05) is 13.0 Å². The van der Waals surface area contributed by atoms with Crippen molar-refractivity contribution in [2.45, 2.75) is 25.3 Å². The minimum atomic E-state index is 0.230. The van der Waals surface area contributed by atoms with Gasteiger partial charge in [0.1, 0.15) is 12.7 Å². The van der Waals surface area contributed by atoms with Crippen LogP contribution in [0.3, 0.4) is 0 Å². The third-order valence-corrected chi connectivity index (χ3v) is 3.80. The summed E-state index contributed by atoms with van der Waals surface area (Å²) in [5.41, 5.74) is 1.08. The highest BCUT2D eigenvalue weighted by Crippen LogP contribution is 2.45. The van der Waals surface area contributed by atoms with Crippen LogP contribution in [0.5, 0.6) is 11.5 Å². The second-order valence-corrected chi connectivity index (χ2v) is 5.03. The first-order valence-electron chi connectivity index (χ1n) is 5.76. The Balaban J connectivity index is 1.81. The topological polar surface area (TPSA) is 18.5 Å². The minimum Gasteiger partial charge on any atom is -0.486 e. The Morgan fingerprint density at radius 3 is 2.88 bits per heavy atom. The monoisotopic (exact) mass is 238 g/mol. The van der Waals surface area contributed by atoms with Crippen LogP contribution in [0.2, 0.25) is 0 Å². The number of halogens is 1. The lowest BCUT2D eigenvalue weighted by Crippen LogP contribution is -2.31. The Morgan fingerprint density at radius 1 is 1.38 bits per heavy atom. The Kier molecular flexibility index (Phi) is 2.47. The van der Waals surface area contributed by atoms with Crippen molar-refractivity contribution in [2.75, 3.05) is 6.61 Å². The highest BCUT2D eigenvalue weighted by atomic mass is 35.5. The van der Waals surface area contributed by atoms with E-state index >= 15 is 0 Å². The molecule has 1 heterocycles. The van der Waals surface area contributed by atoms with E-state index in [1.807, 2.05) is 18.2 Å². The second kappa shape index (κ2) is 3.85. The van der Waals surface area contributed by atoms with E-state index in [1.165, 1.54) is 6.42 Å². The third-order valence-electron chi connectivity index (χ3n) is 3.49. The number of rotatable bonds is 2. The van der Waals surface area contributed by atoms with E-state index in [2.05, 4.69) is 6.92 Å². The smallest absolute Gasteiger partial charge is 0.162 e. The van der Waals surface area contributed by atoms with Crippen molar-refractivity contribution in [3.05, 3.63) is 23.8 Å². The standard InChI is InChI=1S/C13H15ClO2/c1-8-4-10(8)13-7-15-11-3-2-9(6-14)5-12(11)16-13/h2-3,5,8,10,13H,4,6-7H2,1H3/t8?,10-,13?/m0/s1. The molecule has 1 saturated carbocycles. The molecule has 1 aromatic rings. The summed E-state index contributed by atoms with van der Waals surface area (Å²) in [6.07, 6.45) is 1.49. The summed E-state index contributed by atoms with van der Waals surface area (Å²) in [4.78, 5) is 0. The Morgan fingerprint density at radius 2 is 2.19 bits per heavy atom. The molecule has 0 aromatic heterocycles. The van der Waals surface area contributed by atoms with Gasteiger partial charge >= 0.3 is 0 Å². The van der Waals surface area contributed by atoms with Crippen molar-refractivity contribution in [3.63, 3.8) is 0 Å². The fourth-order valence-electron chi connectivity index (χ4n) is 2.30. The maximum absolute atomic E-state index is 5.99. The average Bonchev–Trinajstić information content (AvgIpc) is 3.05. The van der Waals surface area contributed by atoms with Crippen molar-refractivity contribution in [2.24, 2.45) is 11.8 Å². The number of ether oxygens (including phenoxy) is 2. The van der Waals surface area contributed by atoms with Gasteiger partial charge in [0.05, 0.1) is 0 Å². The van der Waals surface area contributed by atoms with E-state index < -0.39 is 0 Å². The SMILES string of the molecule is CC1C[C@@H]1C1COc2ccc(CCl)cc2O1. The van der Waals surface area contributed by atoms with E-state index in [9.17, 15) is 0 Å². The van der Waals surface area contributed by atoms with E-state index in [-0.39, 0.29) is 6.10 Å². The van der Waals surface area contributed by atoms with Crippen LogP contribution in [0.4, 0.5) is 0 Å². The van der Waals surface area contributed by atoms with Crippen LogP contribution in [-0.2, 0) is 5.88 Å². The third kappa shape index (κ3) is 1.75. The lowest BCUT2D eigenvalue weighted by atomic mass is 10.1. The molecule has 2 nitrogen and oxygen atoms in total. The van der Waals surface area contributed by atoms with Gasteiger partial charge in [0.2, 0.25) is 0 Å². The second-order valence-electron chi connectivity index (χ2n) is 4.76. The molecule has 0 radical (unpaired) electrons. The van der Waals surface area contributed by atoms with Gasteiger partial charge in [-0.15, -0.1) is 11.6 Å². The summed E-state index contributed by atoms with van der Waals surface area (Å²) in [6.45, 7) is 2.95. The number of hydrogen-bond donors (Lipinski definition) is 0.